The predicted molar refractivity (Wildman–Crippen MR) is 74.7 cm³/mol. The second kappa shape index (κ2) is 6.95. The predicted octanol–water partition coefficient (Wildman–Crippen LogP) is 2.00. The van der Waals surface area contributed by atoms with Gasteiger partial charge in [-0.3, -0.25) is 4.79 Å². The first-order chi connectivity index (χ1) is 8.16. The maximum absolute atomic E-state index is 11.9. The molecule has 1 aromatic rings. The molecule has 6 heteroatoms. The third-order valence-electron chi connectivity index (χ3n) is 2.62. The molecule has 1 aromatic carbocycles. The molecule has 2 rings (SSSR count). The molecule has 18 heavy (non-hydrogen) atoms. The molecule has 1 unspecified atom stereocenters. The molecule has 0 saturated carbocycles. The van der Waals surface area contributed by atoms with E-state index in [0.717, 1.165) is 5.56 Å². The second-order valence-electron chi connectivity index (χ2n) is 4.05. The van der Waals surface area contributed by atoms with Crippen LogP contribution in [0.1, 0.15) is 5.56 Å². The number of carbonyl (C=O) groups is 1. The Morgan fingerprint density at radius 2 is 2.33 bits per heavy atom. The van der Waals surface area contributed by atoms with Crippen LogP contribution in [-0.4, -0.2) is 31.7 Å². The largest absolute Gasteiger partial charge is 0.378 e. The molecule has 1 aliphatic heterocycles. The van der Waals surface area contributed by atoms with E-state index in [0.29, 0.717) is 30.5 Å². The fourth-order valence-electron chi connectivity index (χ4n) is 1.69. The van der Waals surface area contributed by atoms with E-state index in [9.17, 15) is 4.79 Å². The van der Waals surface area contributed by atoms with Crippen LogP contribution in [0.3, 0.4) is 0 Å². The van der Waals surface area contributed by atoms with Crippen molar-refractivity contribution in [3.63, 3.8) is 0 Å². The Labute approximate surface area is 117 Å². The van der Waals surface area contributed by atoms with Crippen molar-refractivity contribution in [1.82, 2.24) is 5.32 Å². The summed E-state index contributed by atoms with van der Waals surface area (Å²) in [6.45, 7) is 3.69. The average molecular weight is 291 g/mol. The number of aryl methyl sites for hydroxylation is 1. The molecule has 100 valence electrons. The first-order valence-corrected chi connectivity index (χ1v) is 5.93. The van der Waals surface area contributed by atoms with Crippen molar-refractivity contribution in [3.05, 3.63) is 28.8 Å². The Kier molecular flexibility index (Phi) is 5.88. The van der Waals surface area contributed by atoms with Gasteiger partial charge in [-0.25, -0.2) is 0 Å². The third-order valence-corrected chi connectivity index (χ3v) is 2.95. The van der Waals surface area contributed by atoms with Crippen molar-refractivity contribution in [1.29, 1.82) is 0 Å². The summed E-state index contributed by atoms with van der Waals surface area (Å²) in [5.41, 5.74) is 1.70. The molecule has 0 aromatic heterocycles. The standard InChI is InChI=1S/C12H15ClN2O2.ClH/c1-8-2-3-9(13)10(6-8)15-12(16)11-7-17-5-4-14-11;/h2-3,6,11,14H,4-5,7H2,1H3,(H,15,16);1H. The number of morpholine rings is 1. The van der Waals surface area contributed by atoms with Gasteiger partial charge >= 0.3 is 0 Å². The minimum atomic E-state index is -0.305. The highest BCUT2D eigenvalue weighted by Crippen LogP contribution is 2.22. The van der Waals surface area contributed by atoms with E-state index in [2.05, 4.69) is 10.6 Å². The van der Waals surface area contributed by atoms with E-state index in [4.69, 9.17) is 16.3 Å². The van der Waals surface area contributed by atoms with Gasteiger partial charge in [-0.15, -0.1) is 12.4 Å². The highest BCUT2D eigenvalue weighted by Gasteiger charge is 2.21. The van der Waals surface area contributed by atoms with Crippen LogP contribution in [0.15, 0.2) is 18.2 Å². The topological polar surface area (TPSA) is 50.4 Å². The number of hydrogen-bond acceptors (Lipinski definition) is 3. The highest BCUT2D eigenvalue weighted by molar-refractivity contribution is 6.33. The number of nitrogens with one attached hydrogen (secondary N) is 2. The lowest BCUT2D eigenvalue weighted by atomic mass is 10.2. The molecule has 1 heterocycles. The summed E-state index contributed by atoms with van der Waals surface area (Å²) >= 11 is 6.01. The number of carbonyl (C=O) groups excluding carboxylic acids is 1. The van der Waals surface area contributed by atoms with Crippen LogP contribution in [0, 0.1) is 6.92 Å². The number of rotatable bonds is 2. The number of benzene rings is 1. The monoisotopic (exact) mass is 290 g/mol. The zero-order valence-corrected chi connectivity index (χ0v) is 11.6. The number of amides is 1. The van der Waals surface area contributed by atoms with Gasteiger partial charge in [0.15, 0.2) is 0 Å². The van der Waals surface area contributed by atoms with Crippen molar-refractivity contribution in [3.8, 4) is 0 Å². The lowest BCUT2D eigenvalue weighted by molar-refractivity contribution is -0.120. The zero-order chi connectivity index (χ0) is 12.3. The SMILES string of the molecule is Cc1ccc(Cl)c(NC(=O)C2COCCN2)c1.Cl. The zero-order valence-electron chi connectivity index (χ0n) is 10.0. The first kappa shape index (κ1) is 15.2. The van der Waals surface area contributed by atoms with Gasteiger partial charge in [-0.05, 0) is 24.6 Å². The van der Waals surface area contributed by atoms with Crippen LogP contribution < -0.4 is 10.6 Å². The fraction of sp³-hybridized carbons (Fsp3) is 0.417. The lowest BCUT2D eigenvalue weighted by Crippen LogP contribution is -2.48. The Morgan fingerprint density at radius 3 is 3.00 bits per heavy atom. The molecule has 1 saturated heterocycles. The van der Waals surface area contributed by atoms with Gasteiger partial charge in [0.1, 0.15) is 6.04 Å². The molecule has 0 aliphatic carbocycles. The summed E-state index contributed by atoms with van der Waals surface area (Å²) in [6, 6.07) is 5.22. The van der Waals surface area contributed by atoms with Gasteiger partial charge in [0.2, 0.25) is 5.91 Å². The van der Waals surface area contributed by atoms with Crippen molar-refractivity contribution < 1.29 is 9.53 Å². The molecule has 0 bridgehead atoms. The van der Waals surface area contributed by atoms with Crippen LogP contribution in [0.4, 0.5) is 5.69 Å². The smallest absolute Gasteiger partial charge is 0.243 e. The maximum Gasteiger partial charge on any atom is 0.243 e. The van der Waals surface area contributed by atoms with E-state index in [1.54, 1.807) is 6.07 Å². The normalized spacial score (nSPS) is 18.9. The minimum Gasteiger partial charge on any atom is -0.378 e. The number of halogens is 2. The van der Waals surface area contributed by atoms with Gasteiger partial charge < -0.3 is 15.4 Å². The van der Waals surface area contributed by atoms with E-state index in [1.165, 1.54) is 0 Å². The Morgan fingerprint density at radius 1 is 1.56 bits per heavy atom. The van der Waals surface area contributed by atoms with Gasteiger partial charge in [-0.2, -0.15) is 0 Å². The Hall–Kier alpha value is -0.810. The maximum atomic E-state index is 11.9. The highest BCUT2D eigenvalue weighted by atomic mass is 35.5. The van der Waals surface area contributed by atoms with Crippen molar-refractivity contribution in [2.75, 3.05) is 25.1 Å². The summed E-state index contributed by atoms with van der Waals surface area (Å²) in [4.78, 5) is 11.9. The van der Waals surface area contributed by atoms with E-state index >= 15 is 0 Å². The molecule has 1 aliphatic rings. The molecule has 0 spiro atoms. The molecular formula is C12H16Cl2N2O2. The van der Waals surface area contributed by atoms with Gasteiger partial charge in [0.05, 0.1) is 23.9 Å². The molecule has 1 fully saturated rings. The first-order valence-electron chi connectivity index (χ1n) is 5.55. The fourth-order valence-corrected chi connectivity index (χ4v) is 1.85. The molecule has 0 radical (unpaired) electrons. The number of ether oxygens (including phenoxy) is 1. The van der Waals surface area contributed by atoms with Gasteiger partial charge in [0, 0.05) is 6.54 Å². The summed E-state index contributed by atoms with van der Waals surface area (Å²) in [7, 11) is 0. The van der Waals surface area contributed by atoms with Crippen LogP contribution in [0.5, 0.6) is 0 Å². The number of anilines is 1. The van der Waals surface area contributed by atoms with E-state index < -0.39 is 0 Å². The van der Waals surface area contributed by atoms with Crippen LogP contribution in [0.2, 0.25) is 5.02 Å². The summed E-state index contributed by atoms with van der Waals surface area (Å²) < 4.78 is 5.24. The van der Waals surface area contributed by atoms with E-state index in [-0.39, 0.29) is 24.4 Å². The summed E-state index contributed by atoms with van der Waals surface area (Å²) in [5, 5.41) is 6.44. The summed E-state index contributed by atoms with van der Waals surface area (Å²) in [5.74, 6) is -0.114. The van der Waals surface area contributed by atoms with Crippen LogP contribution >= 0.6 is 24.0 Å². The Bertz CT molecular complexity index is 421. The van der Waals surface area contributed by atoms with Gasteiger partial charge in [-0.1, -0.05) is 17.7 Å². The molecular weight excluding hydrogens is 275 g/mol. The molecule has 1 amide bonds. The Balaban J connectivity index is 0.00000162. The third kappa shape index (κ3) is 3.85. The molecule has 4 nitrogen and oxygen atoms in total. The van der Waals surface area contributed by atoms with E-state index in [1.807, 2.05) is 19.1 Å². The van der Waals surface area contributed by atoms with Crippen LogP contribution in [-0.2, 0) is 9.53 Å². The second-order valence-corrected chi connectivity index (χ2v) is 4.46. The minimum absolute atomic E-state index is 0. The van der Waals surface area contributed by atoms with Gasteiger partial charge in [0.25, 0.3) is 0 Å². The quantitative estimate of drug-likeness (QED) is 0.876. The molecule has 1 atom stereocenters. The number of hydrogen-bond donors (Lipinski definition) is 2. The summed E-state index contributed by atoms with van der Waals surface area (Å²) in [6.07, 6.45) is 0. The molecule has 2 N–H and O–H groups in total. The van der Waals surface area contributed by atoms with Crippen molar-refractivity contribution >= 4 is 35.6 Å². The average Bonchev–Trinajstić information content (AvgIpc) is 2.35. The van der Waals surface area contributed by atoms with Crippen LogP contribution in [0.25, 0.3) is 0 Å². The van der Waals surface area contributed by atoms with Crippen molar-refractivity contribution in [2.24, 2.45) is 0 Å². The lowest BCUT2D eigenvalue weighted by Gasteiger charge is -2.23. The van der Waals surface area contributed by atoms with Crippen molar-refractivity contribution in [2.45, 2.75) is 13.0 Å².